The Morgan fingerprint density at radius 1 is 1.06 bits per heavy atom. The van der Waals surface area contributed by atoms with Crippen molar-refractivity contribution in [2.24, 2.45) is 0 Å². The van der Waals surface area contributed by atoms with E-state index in [0.717, 1.165) is 26.9 Å². The van der Waals surface area contributed by atoms with Crippen molar-refractivity contribution in [3.8, 4) is 0 Å². The van der Waals surface area contributed by atoms with Crippen LogP contribution in [0.15, 0.2) is 70.1 Å². The molecule has 1 aliphatic rings. The summed E-state index contributed by atoms with van der Waals surface area (Å²) in [4.78, 5) is 37.8. The fourth-order valence-electron chi connectivity index (χ4n) is 4.43. The fraction of sp³-hybridized carbons (Fsp3) is 0.120. The summed E-state index contributed by atoms with van der Waals surface area (Å²) in [5, 5.41) is 0.980. The van der Waals surface area contributed by atoms with Gasteiger partial charge in [-0.3, -0.25) is 19.5 Å². The Morgan fingerprint density at radius 3 is 2.72 bits per heavy atom. The number of hydrogen-bond donors (Lipinski definition) is 0. The second-order valence-electron chi connectivity index (χ2n) is 7.96. The zero-order valence-corrected chi connectivity index (χ0v) is 18.1. The average Bonchev–Trinajstić information content (AvgIpc) is 3.34. The van der Waals surface area contributed by atoms with Crippen LogP contribution in [0.25, 0.3) is 21.2 Å². The molecule has 0 bridgehead atoms. The van der Waals surface area contributed by atoms with Crippen LogP contribution in [0, 0.1) is 13.8 Å². The quantitative estimate of drug-likeness (QED) is 0.380. The van der Waals surface area contributed by atoms with Gasteiger partial charge in [0.2, 0.25) is 5.76 Å². The van der Waals surface area contributed by atoms with Gasteiger partial charge in [0.15, 0.2) is 10.6 Å². The molecule has 4 heterocycles. The Hall–Kier alpha value is -3.84. The predicted molar refractivity (Wildman–Crippen MR) is 124 cm³/mol. The van der Waals surface area contributed by atoms with Crippen LogP contribution < -0.4 is 10.3 Å². The molecule has 1 atom stereocenters. The maximum atomic E-state index is 13.6. The van der Waals surface area contributed by atoms with E-state index in [-0.39, 0.29) is 17.1 Å². The van der Waals surface area contributed by atoms with Crippen molar-refractivity contribution in [1.82, 2.24) is 9.97 Å². The molecule has 0 radical (unpaired) electrons. The van der Waals surface area contributed by atoms with Gasteiger partial charge >= 0.3 is 0 Å². The smallest absolute Gasteiger partial charge is 0.297 e. The normalized spacial score (nSPS) is 15.6. The van der Waals surface area contributed by atoms with E-state index in [4.69, 9.17) is 9.40 Å². The van der Waals surface area contributed by atoms with Crippen molar-refractivity contribution >= 4 is 43.6 Å². The van der Waals surface area contributed by atoms with Gasteiger partial charge in [0.05, 0.1) is 27.2 Å². The Morgan fingerprint density at radius 2 is 1.91 bits per heavy atom. The monoisotopic (exact) mass is 439 g/mol. The van der Waals surface area contributed by atoms with E-state index >= 15 is 0 Å². The molecule has 156 valence electrons. The van der Waals surface area contributed by atoms with Crippen LogP contribution in [0.4, 0.5) is 5.13 Å². The van der Waals surface area contributed by atoms with Crippen molar-refractivity contribution in [1.29, 1.82) is 0 Å². The van der Waals surface area contributed by atoms with Crippen LogP contribution >= 0.6 is 11.3 Å². The molecule has 0 saturated heterocycles. The van der Waals surface area contributed by atoms with Crippen LogP contribution in [0.1, 0.15) is 38.9 Å². The number of thiazole rings is 1. The number of hydrogen-bond acceptors (Lipinski definition) is 6. The zero-order valence-electron chi connectivity index (χ0n) is 17.3. The van der Waals surface area contributed by atoms with Crippen molar-refractivity contribution in [2.75, 3.05) is 4.90 Å². The summed E-state index contributed by atoms with van der Waals surface area (Å²) in [6, 6.07) is 14.1. The number of para-hydroxylation sites is 1. The minimum absolute atomic E-state index is 0.0645. The van der Waals surface area contributed by atoms with Gasteiger partial charge in [0, 0.05) is 12.4 Å². The van der Waals surface area contributed by atoms with Gasteiger partial charge in [0.25, 0.3) is 5.91 Å². The van der Waals surface area contributed by atoms with E-state index in [1.165, 1.54) is 11.3 Å². The van der Waals surface area contributed by atoms with E-state index in [1.807, 2.05) is 19.9 Å². The number of pyridine rings is 1. The maximum absolute atomic E-state index is 13.6. The number of aromatic nitrogens is 2. The van der Waals surface area contributed by atoms with Crippen molar-refractivity contribution in [2.45, 2.75) is 19.9 Å². The van der Waals surface area contributed by atoms with E-state index in [1.54, 1.807) is 47.6 Å². The molecule has 0 saturated carbocycles. The molecule has 32 heavy (non-hydrogen) atoms. The molecular formula is C25H17N3O3S. The second-order valence-corrected chi connectivity index (χ2v) is 8.97. The second kappa shape index (κ2) is 6.83. The highest BCUT2D eigenvalue weighted by Crippen LogP contribution is 2.43. The first-order chi connectivity index (χ1) is 15.5. The molecule has 5 aromatic rings. The molecule has 0 fully saturated rings. The highest BCUT2D eigenvalue weighted by molar-refractivity contribution is 7.22. The standard InChI is InChI=1S/C25H17N3O3S/c1-13-10-14(2)20-18(11-13)32-25(27-20)28-21(15-6-5-9-26-12-15)19-22(29)16-7-3-4-8-17(16)31-23(19)24(28)30/h3-12,21H,1-2H3/t21-/m1/s1. The lowest BCUT2D eigenvalue weighted by Crippen LogP contribution is -2.29. The van der Waals surface area contributed by atoms with E-state index in [9.17, 15) is 9.59 Å². The molecule has 2 aromatic carbocycles. The Balaban J connectivity index is 1.65. The Bertz CT molecular complexity index is 1600. The number of nitrogens with zero attached hydrogens (tertiary/aromatic N) is 3. The van der Waals surface area contributed by atoms with Crippen molar-refractivity contribution in [3.63, 3.8) is 0 Å². The topological polar surface area (TPSA) is 76.3 Å². The van der Waals surface area contributed by atoms with Crippen molar-refractivity contribution in [3.05, 3.63) is 99.2 Å². The highest BCUT2D eigenvalue weighted by atomic mass is 32.1. The van der Waals surface area contributed by atoms with Gasteiger partial charge in [-0.15, -0.1) is 0 Å². The fourth-order valence-corrected chi connectivity index (χ4v) is 5.60. The van der Waals surface area contributed by atoms with Crippen LogP contribution in [0.2, 0.25) is 0 Å². The lowest BCUT2D eigenvalue weighted by Gasteiger charge is -2.22. The summed E-state index contributed by atoms with van der Waals surface area (Å²) in [7, 11) is 0. The van der Waals surface area contributed by atoms with Crippen LogP contribution in [0.5, 0.6) is 0 Å². The van der Waals surface area contributed by atoms with Gasteiger partial charge in [-0.05, 0) is 54.8 Å². The third kappa shape index (κ3) is 2.64. The summed E-state index contributed by atoms with van der Waals surface area (Å²) in [6.07, 6.45) is 3.34. The molecule has 6 rings (SSSR count). The molecule has 3 aromatic heterocycles. The third-order valence-corrected chi connectivity index (χ3v) is 6.80. The van der Waals surface area contributed by atoms with E-state index in [0.29, 0.717) is 21.7 Å². The average molecular weight is 439 g/mol. The summed E-state index contributed by atoms with van der Waals surface area (Å²) >= 11 is 1.44. The number of benzene rings is 2. The van der Waals surface area contributed by atoms with Gasteiger partial charge < -0.3 is 4.42 Å². The number of rotatable bonds is 2. The lowest BCUT2D eigenvalue weighted by atomic mass is 10.0. The van der Waals surface area contributed by atoms with Crippen LogP contribution in [-0.4, -0.2) is 15.9 Å². The van der Waals surface area contributed by atoms with Gasteiger partial charge in [-0.1, -0.05) is 35.6 Å². The zero-order chi connectivity index (χ0) is 22.0. The Kier molecular flexibility index (Phi) is 4.03. The summed E-state index contributed by atoms with van der Waals surface area (Å²) in [5.41, 5.74) is 4.28. The molecule has 1 aliphatic heterocycles. The molecule has 0 unspecified atom stereocenters. The first kappa shape index (κ1) is 18.9. The highest BCUT2D eigenvalue weighted by Gasteiger charge is 2.45. The van der Waals surface area contributed by atoms with Crippen LogP contribution in [-0.2, 0) is 0 Å². The molecule has 1 amide bonds. The SMILES string of the molecule is Cc1cc(C)c2nc(N3C(=O)c4oc5ccccc5c(=O)c4[C@H]3c3cccnc3)sc2c1. The minimum atomic E-state index is -0.658. The molecule has 0 aliphatic carbocycles. The first-order valence-corrected chi connectivity index (χ1v) is 11.0. The number of amides is 1. The van der Waals surface area contributed by atoms with Gasteiger partial charge in [-0.2, -0.15) is 0 Å². The largest absolute Gasteiger partial charge is 0.450 e. The third-order valence-electron chi connectivity index (χ3n) is 5.80. The Labute approximate surface area is 186 Å². The number of carbonyl (C=O) groups excluding carboxylic acids is 1. The molecule has 0 N–H and O–H groups in total. The van der Waals surface area contributed by atoms with Crippen molar-refractivity contribution < 1.29 is 9.21 Å². The number of fused-ring (bicyclic) bond motifs is 3. The number of anilines is 1. The maximum Gasteiger partial charge on any atom is 0.297 e. The van der Waals surface area contributed by atoms with Gasteiger partial charge in [0.1, 0.15) is 5.58 Å². The molecule has 6 nitrogen and oxygen atoms in total. The molecule has 0 spiro atoms. The predicted octanol–water partition coefficient (Wildman–Crippen LogP) is 5.16. The first-order valence-electron chi connectivity index (χ1n) is 10.2. The summed E-state index contributed by atoms with van der Waals surface area (Å²) < 4.78 is 6.98. The van der Waals surface area contributed by atoms with Crippen LogP contribution in [0.3, 0.4) is 0 Å². The van der Waals surface area contributed by atoms with Gasteiger partial charge in [-0.25, -0.2) is 4.98 Å². The van der Waals surface area contributed by atoms with E-state index in [2.05, 4.69) is 17.1 Å². The van der Waals surface area contributed by atoms with E-state index < -0.39 is 6.04 Å². The number of carbonyl (C=O) groups is 1. The molecule has 7 heteroatoms. The minimum Gasteiger partial charge on any atom is -0.450 e. The summed E-state index contributed by atoms with van der Waals surface area (Å²) in [6.45, 7) is 4.05. The number of aryl methyl sites for hydroxylation is 2. The molecular weight excluding hydrogens is 422 g/mol. The summed E-state index contributed by atoms with van der Waals surface area (Å²) in [5.74, 6) is -0.306. The lowest BCUT2D eigenvalue weighted by molar-refractivity contribution is 0.0971.